The fraction of sp³-hybridized carbons (Fsp3) is 0.389. The Hall–Kier alpha value is -1.33. The van der Waals surface area contributed by atoms with Gasteiger partial charge < -0.3 is 10.4 Å². The highest BCUT2D eigenvalue weighted by atomic mass is 79.9. The standard InChI is InChI=1S/C18H20BrNO2S/c1-10-5-12(6-11(2)17(10)21)3-4-20-18(22)15-8-14(15)13-7-16(19)23-9-13/h5-7,9,14-15,21H,3-4,8H2,1-2H3,(H,20,22)/t14-,15+/m0/s1. The van der Waals surface area contributed by atoms with E-state index in [-0.39, 0.29) is 11.8 Å². The lowest BCUT2D eigenvalue weighted by Gasteiger charge is -2.09. The molecule has 23 heavy (non-hydrogen) atoms. The van der Waals surface area contributed by atoms with Crippen molar-refractivity contribution < 1.29 is 9.90 Å². The first kappa shape index (κ1) is 16.5. The molecule has 2 atom stereocenters. The van der Waals surface area contributed by atoms with Crippen LogP contribution in [0.3, 0.4) is 0 Å². The van der Waals surface area contributed by atoms with Crippen LogP contribution >= 0.6 is 27.3 Å². The molecule has 5 heteroatoms. The summed E-state index contributed by atoms with van der Waals surface area (Å²) in [6.07, 6.45) is 1.74. The molecule has 0 bridgehead atoms. The van der Waals surface area contributed by atoms with Gasteiger partial charge in [0.15, 0.2) is 0 Å². The normalized spacial score (nSPS) is 19.6. The van der Waals surface area contributed by atoms with Crippen molar-refractivity contribution in [2.45, 2.75) is 32.6 Å². The van der Waals surface area contributed by atoms with E-state index in [2.05, 4.69) is 32.7 Å². The lowest BCUT2D eigenvalue weighted by atomic mass is 10.0. The average molecular weight is 394 g/mol. The predicted octanol–water partition coefficient (Wildman–Crippen LogP) is 4.30. The molecule has 0 radical (unpaired) electrons. The van der Waals surface area contributed by atoms with Crippen molar-refractivity contribution in [2.75, 3.05) is 6.54 Å². The summed E-state index contributed by atoms with van der Waals surface area (Å²) in [5, 5.41) is 15.0. The SMILES string of the molecule is Cc1cc(CCNC(=O)[C@@H]2C[C@H]2c2csc(Br)c2)cc(C)c1O. The van der Waals surface area contributed by atoms with Gasteiger partial charge in [-0.3, -0.25) is 4.79 Å². The van der Waals surface area contributed by atoms with Gasteiger partial charge in [0.05, 0.1) is 3.79 Å². The summed E-state index contributed by atoms with van der Waals surface area (Å²) in [5.74, 6) is 1.03. The second kappa shape index (κ2) is 6.65. The number of hydrogen-bond donors (Lipinski definition) is 2. The van der Waals surface area contributed by atoms with Gasteiger partial charge in [-0.05, 0) is 82.2 Å². The number of halogens is 1. The van der Waals surface area contributed by atoms with Gasteiger partial charge in [-0.1, -0.05) is 12.1 Å². The van der Waals surface area contributed by atoms with Gasteiger partial charge in [-0.2, -0.15) is 0 Å². The van der Waals surface area contributed by atoms with E-state index >= 15 is 0 Å². The third kappa shape index (κ3) is 3.78. The molecular formula is C18H20BrNO2S. The summed E-state index contributed by atoms with van der Waals surface area (Å²) in [6.45, 7) is 4.44. The molecule has 1 aliphatic rings. The number of phenols is 1. The summed E-state index contributed by atoms with van der Waals surface area (Å²) < 4.78 is 1.12. The Balaban J connectivity index is 1.49. The Kier molecular flexibility index (Phi) is 4.78. The Morgan fingerprint density at radius 1 is 1.35 bits per heavy atom. The van der Waals surface area contributed by atoms with Crippen molar-refractivity contribution >= 4 is 33.2 Å². The highest BCUT2D eigenvalue weighted by Crippen LogP contribution is 2.49. The van der Waals surface area contributed by atoms with Crippen molar-refractivity contribution in [3.63, 3.8) is 0 Å². The summed E-state index contributed by atoms with van der Waals surface area (Å²) in [5.41, 5.74) is 4.19. The molecule has 0 saturated heterocycles. The van der Waals surface area contributed by atoms with Gasteiger partial charge >= 0.3 is 0 Å². The van der Waals surface area contributed by atoms with E-state index in [1.165, 1.54) is 5.56 Å². The number of carbonyl (C=O) groups excluding carboxylic acids is 1. The van der Waals surface area contributed by atoms with Crippen LogP contribution in [0.1, 0.15) is 34.6 Å². The number of thiophene rings is 1. The summed E-state index contributed by atoms with van der Waals surface area (Å²) in [7, 11) is 0. The van der Waals surface area contributed by atoms with Gasteiger partial charge in [0.25, 0.3) is 0 Å². The van der Waals surface area contributed by atoms with Crippen molar-refractivity contribution in [3.8, 4) is 5.75 Å². The van der Waals surface area contributed by atoms with E-state index in [9.17, 15) is 9.90 Å². The molecule has 1 aromatic carbocycles. The van der Waals surface area contributed by atoms with Crippen molar-refractivity contribution in [1.82, 2.24) is 5.32 Å². The van der Waals surface area contributed by atoms with Crippen LogP contribution in [-0.2, 0) is 11.2 Å². The molecule has 122 valence electrons. The molecule has 2 N–H and O–H groups in total. The monoisotopic (exact) mass is 393 g/mol. The minimum atomic E-state index is 0.125. The molecule has 0 unspecified atom stereocenters. The Labute approximate surface area is 148 Å². The molecule has 3 rings (SSSR count). The van der Waals surface area contributed by atoms with Crippen LogP contribution in [-0.4, -0.2) is 17.6 Å². The van der Waals surface area contributed by atoms with Gasteiger partial charge in [0.2, 0.25) is 5.91 Å². The van der Waals surface area contributed by atoms with Crippen LogP contribution in [0, 0.1) is 19.8 Å². The molecular weight excluding hydrogens is 374 g/mol. The Morgan fingerprint density at radius 3 is 2.65 bits per heavy atom. The molecule has 2 aromatic rings. The van der Waals surface area contributed by atoms with Crippen LogP contribution in [0.4, 0.5) is 0 Å². The van der Waals surface area contributed by atoms with Crippen LogP contribution in [0.15, 0.2) is 27.4 Å². The molecule has 1 aliphatic carbocycles. The number of amides is 1. The van der Waals surface area contributed by atoms with E-state index in [4.69, 9.17) is 0 Å². The fourth-order valence-corrected chi connectivity index (χ4v) is 4.26. The number of rotatable bonds is 5. The summed E-state index contributed by atoms with van der Waals surface area (Å²) >= 11 is 5.14. The van der Waals surface area contributed by atoms with Crippen molar-refractivity contribution in [2.24, 2.45) is 5.92 Å². The maximum atomic E-state index is 12.2. The molecule has 0 aliphatic heterocycles. The summed E-state index contributed by atoms with van der Waals surface area (Å²) in [4.78, 5) is 12.2. The molecule has 1 amide bonds. The van der Waals surface area contributed by atoms with E-state index in [1.807, 2.05) is 26.0 Å². The highest BCUT2D eigenvalue weighted by molar-refractivity contribution is 9.11. The van der Waals surface area contributed by atoms with E-state index in [0.29, 0.717) is 18.2 Å². The number of carbonyl (C=O) groups is 1. The topological polar surface area (TPSA) is 49.3 Å². The van der Waals surface area contributed by atoms with Gasteiger partial charge in [-0.15, -0.1) is 11.3 Å². The number of phenolic OH excluding ortho intramolecular Hbond substituents is 1. The third-order valence-corrected chi connectivity index (χ3v) is 5.93. The molecule has 1 aromatic heterocycles. The number of hydrogen-bond acceptors (Lipinski definition) is 3. The lowest BCUT2D eigenvalue weighted by Crippen LogP contribution is -2.27. The van der Waals surface area contributed by atoms with Gasteiger partial charge in [0.1, 0.15) is 5.75 Å². The molecule has 0 spiro atoms. The van der Waals surface area contributed by atoms with Crippen LogP contribution in [0.25, 0.3) is 0 Å². The number of benzene rings is 1. The van der Waals surface area contributed by atoms with Crippen LogP contribution in [0.2, 0.25) is 0 Å². The molecule has 1 fully saturated rings. The Bertz CT molecular complexity index is 717. The first-order valence-electron chi connectivity index (χ1n) is 7.76. The van der Waals surface area contributed by atoms with E-state index < -0.39 is 0 Å². The zero-order valence-corrected chi connectivity index (χ0v) is 15.6. The van der Waals surface area contributed by atoms with Crippen molar-refractivity contribution in [1.29, 1.82) is 0 Å². The zero-order valence-electron chi connectivity index (χ0n) is 13.2. The second-order valence-electron chi connectivity index (χ2n) is 6.25. The minimum Gasteiger partial charge on any atom is -0.507 e. The third-order valence-electron chi connectivity index (χ3n) is 4.41. The second-order valence-corrected chi connectivity index (χ2v) is 8.54. The first-order valence-corrected chi connectivity index (χ1v) is 9.43. The van der Waals surface area contributed by atoms with Gasteiger partial charge in [0, 0.05) is 12.5 Å². The molecule has 1 heterocycles. The highest BCUT2D eigenvalue weighted by Gasteiger charge is 2.44. The van der Waals surface area contributed by atoms with Crippen LogP contribution in [0.5, 0.6) is 5.75 Å². The molecule has 1 saturated carbocycles. The quantitative estimate of drug-likeness (QED) is 0.795. The minimum absolute atomic E-state index is 0.125. The maximum Gasteiger partial charge on any atom is 0.223 e. The van der Waals surface area contributed by atoms with E-state index in [0.717, 1.165) is 33.3 Å². The van der Waals surface area contributed by atoms with Crippen molar-refractivity contribution in [3.05, 3.63) is 49.6 Å². The number of nitrogens with one attached hydrogen (secondary N) is 1. The lowest BCUT2D eigenvalue weighted by molar-refractivity contribution is -0.122. The maximum absolute atomic E-state index is 12.2. The predicted molar refractivity (Wildman–Crippen MR) is 97.2 cm³/mol. The number of aromatic hydroxyl groups is 1. The van der Waals surface area contributed by atoms with Crippen LogP contribution < -0.4 is 5.32 Å². The zero-order chi connectivity index (χ0) is 16.6. The summed E-state index contributed by atoms with van der Waals surface area (Å²) in [6, 6.07) is 6.08. The van der Waals surface area contributed by atoms with E-state index in [1.54, 1.807) is 11.3 Å². The fourth-order valence-electron chi connectivity index (χ4n) is 3.02. The average Bonchev–Trinajstić information content (AvgIpc) is 3.19. The number of aryl methyl sites for hydroxylation is 2. The molecule has 3 nitrogen and oxygen atoms in total. The Morgan fingerprint density at radius 2 is 2.04 bits per heavy atom. The van der Waals surface area contributed by atoms with Gasteiger partial charge in [-0.25, -0.2) is 0 Å². The smallest absolute Gasteiger partial charge is 0.223 e. The first-order chi connectivity index (χ1) is 11.0. The largest absolute Gasteiger partial charge is 0.507 e.